The van der Waals surface area contributed by atoms with Crippen LogP contribution >= 0.6 is 0 Å². The molecule has 17 heavy (non-hydrogen) atoms. The van der Waals surface area contributed by atoms with Gasteiger partial charge in [0.25, 0.3) is 0 Å². The molecular weight excluding hydrogens is 234 g/mol. The third-order valence-electron chi connectivity index (χ3n) is 1.50. The smallest absolute Gasteiger partial charge is 0.309 e. The van der Waals surface area contributed by atoms with Crippen molar-refractivity contribution in [2.75, 3.05) is 13.2 Å². The third-order valence-corrected chi connectivity index (χ3v) is 1.50. The first kappa shape index (κ1) is 15.0. The molecule has 0 amide bonds. The first-order chi connectivity index (χ1) is 7.81. The number of rotatable bonds is 6. The fraction of sp³-hybridized carbons (Fsp3) is 0.667. The second-order valence-corrected chi connectivity index (χ2v) is 3.19. The van der Waals surface area contributed by atoms with E-state index in [0.29, 0.717) is 0 Å². The quantitative estimate of drug-likeness (QED) is 0.373. The summed E-state index contributed by atoms with van der Waals surface area (Å²) in [7, 11) is 0. The van der Waals surface area contributed by atoms with Gasteiger partial charge in [-0.25, -0.2) is 0 Å². The average Bonchev–Trinajstić information content (AvgIpc) is 2.21. The molecule has 0 heterocycles. The lowest BCUT2D eigenvalue weighted by Crippen LogP contribution is -2.43. The molecule has 0 N–H and O–H groups in total. The van der Waals surface area contributed by atoms with Crippen LogP contribution in [0.15, 0.2) is 5.18 Å². The van der Waals surface area contributed by atoms with Gasteiger partial charge in [0.1, 0.15) is 0 Å². The van der Waals surface area contributed by atoms with Gasteiger partial charge in [-0.3, -0.25) is 14.4 Å². The van der Waals surface area contributed by atoms with Crippen molar-refractivity contribution in [2.24, 2.45) is 5.18 Å². The molecule has 0 bridgehead atoms. The van der Waals surface area contributed by atoms with Crippen LogP contribution in [0.3, 0.4) is 0 Å². The van der Waals surface area contributed by atoms with Crippen LogP contribution in [0.5, 0.6) is 0 Å². The van der Waals surface area contributed by atoms with Crippen molar-refractivity contribution in [1.29, 1.82) is 0 Å². The van der Waals surface area contributed by atoms with Crippen LogP contribution in [0.25, 0.3) is 0 Å². The molecular formula is C9H13NO7. The van der Waals surface area contributed by atoms with Gasteiger partial charge >= 0.3 is 23.6 Å². The number of carbonyl (C=O) groups excluding carboxylic acids is 3. The van der Waals surface area contributed by atoms with Gasteiger partial charge < -0.3 is 14.2 Å². The number of nitrogens with zero attached hydrogens (tertiary/aromatic N) is 1. The lowest BCUT2D eigenvalue weighted by atomic mass is 10.2. The number of hydrogen-bond donors (Lipinski definition) is 0. The van der Waals surface area contributed by atoms with Crippen LogP contribution < -0.4 is 0 Å². The van der Waals surface area contributed by atoms with Crippen molar-refractivity contribution in [3.8, 4) is 0 Å². The number of ether oxygens (including phenoxy) is 3. The largest absolute Gasteiger partial charge is 0.459 e. The van der Waals surface area contributed by atoms with Crippen molar-refractivity contribution in [3.05, 3.63) is 4.91 Å². The zero-order chi connectivity index (χ0) is 13.5. The van der Waals surface area contributed by atoms with E-state index in [1.807, 2.05) is 0 Å². The minimum atomic E-state index is -2.04. The van der Waals surface area contributed by atoms with Crippen molar-refractivity contribution in [1.82, 2.24) is 0 Å². The maximum absolute atomic E-state index is 10.8. The predicted octanol–water partition coefficient (Wildman–Crippen LogP) is 0.138. The Kier molecular flexibility index (Phi) is 5.79. The summed E-state index contributed by atoms with van der Waals surface area (Å²) in [5.41, 5.74) is -2.04. The molecule has 8 nitrogen and oxygen atoms in total. The molecule has 0 aliphatic heterocycles. The van der Waals surface area contributed by atoms with Gasteiger partial charge in [0, 0.05) is 20.8 Å². The molecule has 0 radical (unpaired) electrons. The molecule has 0 unspecified atom stereocenters. The first-order valence-corrected chi connectivity index (χ1v) is 4.62. The summed E-state index contributed by atoms with van der Waals surface area (Å²) < 4.78 is 13.7. The van der Waals surface area contributed by atoms with Crippen LogP contribution in [0.2, 0.25) is 0 Å². The Morgan fingerprint density at radius 2 is 1.35 bits per heavy atom. The van der Waals surface area contributed by atoms with Gasteiger partial charge in [0.15, 0.2) is 13.2 Å². The molecule has 0 fully saturated rings. The lowest BCUT2D eigenvalue weighted by molar-refractivity contribution is -0.180. The highest BCUT2D eigenvalue weighted by molar-refractivity contribution is 5.68. The SMILES string of the molecule is CC(=O)OCC(COC(C)=O)(N=O)OC(C)=O. The normalized spacial score (nSPS) is 10.3. The molecule has 0 saturated heterocycles. The van der Waals surface area contributed by atoms with Crippen LogP contribution in [-0.4, -0.2) is 36.8 Å². The van der Waals surface area contributed by atoms with Gasteiger partial charge in [0.05, 0.1) is 0 Å². The average molecular weight is 247 g/mol. The molecule has 0 spiro atoms. The molecule has 96 valence electrons. The van der Waals surface area contributed by atoms with Crippen LogP contribution in [-0.2, 0) is 28.6 Å². The van der Waals surface area contributed by atoms with Crippen molar-refractivity contribution in [2.45, 2.75) is 26.5 Å². The summed E-state index contributed by atoms with van der Waals surface area (Å²) in [6, 6.07) is 0. The Morgan fingerprint density at radius 1 is 0.941 bits per heavy atom. The Hall–Kier alpha value is -1.99. The van der Waals surface area contributed by atoms with Crippen molar-refractivity contribution < 1.29 is 28.6 Å². The number of esters is 3. The highest BCUT2D eigenvalue weighted by Gasteiger charge is 2.38. The Balaban J connectivity index is 4.72. The summed E-state index contributed by atoms with van der Waals surface area (Å²) in [5, 5.41) is 2.56. The van der Waals surface area contributed by atoms with Gasteiger partial charge in [0.2, 0.25) is 0 Å². The molecule has 0 aliphatic rings. The van der Waals surface area contributed by atoms with Crippen LogP contribution in [0.4, 0.5) is 0 Å². The number of carbonyl (C=O) groups is 3. The molecule has 8 heteroatoms. The number of hydrogen-bond acceptors (Lipinski definition) is 8. The summed E-state index contributed by atoms with van der Waals surface area (Å²) in [6.45, 7) is 2.03. The van der Waals surface area contributed by atoms with E-state index in [-0.39, 0.29) is 0 Å². The second-order valence-electron chi connectivity index (χ2n) is 3.19. The maximum Gasteiger partial charge on any atom is 0.309 e. The first-order valence-electron chi connectivity index (χ1n) is 4.62. The molecule has 0 aromatic heterocycles. The molecule has 0 aromatic carbocycles. The highest BCUT2D eigenvalue weighted by Crippen LogP contribution is 2.15. The highest BCUT2D eigenvalue weighted by atomic mass is 16.6. The van der Waals surface area contributed by atoms with Crippen molar-refractivity contribution in [3.63, 3.8) is 0 Å². The van der Waals surface area contributed by atoms with Crippen molar-refractivity contribution >= 4 is 17.9 Å². The minimum Gasteiger partial charge on any atom is -0.459 e. The Morgan fingerprint density at radius 3 is 1.59 bits per heavy atom. The predicted molar refractivity (Wildman–Crippen MR) is 53.6 cm³/mol. The van der Waals surface area contributed by atoms with E-state index in [4.69, 9.17) is 0 Å². The van der Waals surface area contributed by atoms with Crippen LogP contribution in [0.1, 0.15) is 20.8 Å². The van der Waals surface area contributed by atoms with E-state index in [9.17, 15) is 19.3 Å². The van der Waals surface area contributed by atoms with Gasteiger partial charge in [-0.1, -0.05) is 0 Å². The van der Waals surface area contributed by atoms with E-state index in [1.54, 1.807) is 0 Å². The molecule has 0 rings (SSSR count). The zero-order valence-electron chi connectivity index (χ0n) is 9.72. The molecule has 0 aromatic rings. The minimum absolute atomic E-state index is 0.612. The summed E-state index contributed by atoms with van der Waals surface area (Å²) in [6.07, 6.45) is 0. The van der Waals surface area contributed by atoms with Gasteiger partial charge in [-0.05, 0) is 5.18 Å². The van der Waals surface area contributed by atoms with E-state index in [2.05, 4.69) is 19.4 Å². The zero-order valence-corrected chi connectivity index (χ0v) is 9.72. The fourth-order valence-corrected chi connectivity index (χ4v) is 0.868. The third kappa shape index (κ3) is 6.23. The monoisotopic (exact) mass is 247 g/mol. The molecule has 0 atom stereocenters. The maximum atomic E-state index is 10.8. The topological polar surface area (TPSA) is 108 Å². The second kappa shape index (κ2) is 6.56. The summed E-state index contributed by atoms with van der Waals surface area (Å²) in [5.74, 6) is -2.19. The summed E-state index contributed by atoms with van der Waals surface area (Å²) in [4.78, 5) is 42.7. The standard InChI is InChI=1S/C9H13NO7/c1-6(11)15-4-9(10-14,17-8(3)13)5-16-7(2)12/h4-5H2,1-3H3. The fourth-order valence-electron chi connectivity index (χ4n) is 0.868. The van der Waals surface area contributed by atoms with E-state index < -0.39 is 36.8 Å². The van der Waals surface area contributed by atoms with E-state index >= 15 is 0 Å². The van der Waals surface area contributed by atoms with Gasteiger partial charge in [-0.2, -0.15) is 0 Å². The van der Waals surface area contributed by atoms with Crippen LogP contribution in [0, 0.1) is 4.91 Å². The van der Waals surface area contributed by atoms with E-state index in [1.165, 1.54) is 0 Å². The Labute approximate surface area is 97.2 Å². The van der Waals surface area contributed by atoms with E-state index in [0.717, 1.165) is 20.8 Å². The lowest BCUT2D eigenvalue weighted by Gasteiger charge is -2.24. The number of nitroso groups, excluding NO2 is 1. The molecule has 0 saturated carbocycles. The molecule has 0 aliphatic carbocycles. The van der Waals surface area contributed by atoms with Gasteiger partial charge in [-0.15, -0.1) is 4.91 Å². The summed E-state index contributed by atoms with van der Waals surface area (Å²) >= 11 is 0. The Bertz CT molecular complexity index is 307.